The number of rotatable bonds is 2. The summed E-state index contributed by atoms with van der Waals surface area (Å²) in [4.78, 5) is 14.1. The Morgan fingerprint density at radius 1 is 1.26 bits per heavy atom. The third-order valence-electron chi connectivity index (χ3n) is 3.58. The van der Waals surface area contributed by atoms with Crippen molar-refractivity contribution in [3.05, 3.63) is 34.9 Å². The van der Waals surface area contributed by atoms with Crippen molar-refractivity contribution in [2.24, 2.45) is 0 Å². The molecule has 1 unspecified atom stereocenters. The van der Waals surface area contributed by atoms with Crippen LogP contribution in [0.1, 0.15) is 44.2 Å². The summed E-state index contributed by atoms with van der Waals surface area (Å²) in [6.45, 7) is 3.73. The second kappa shape index (κ2) is 6.80. The van der Waals surface area contributed by atoms with Gasteiger partial charge in [-0.15, -0.1) is 0 Å². The van der Waals surface area contributed by atoms with E-state index in [9.17, 15) is 4.79 Å². The van der Waals surface area contributed by atoms with Crippen molar-refractivity contribution in [3.63, 3.8) is 0 Å². The lowest BCUT2D eigenvalue weighted by Gasteiger charge is -2.24. The highest BCUT2D eigenvalue weighted by molar-refractivity contribution is 6.30. The Bertz CT molecular complexity index is 428. The highest BCUT2D eigenvalue weighted by atomic mass is 35.5. The Morgan fingerprint density at radius 3 is 2.58 bits per heavy atom. The van der Waals surface area contributed by atoms with Crippen molar-refractivity contribution in [2.45, 2.75) is 38.6 Å². The van der Waals surface area contributed by atoms with Crippen molar-refractivity contribution in [2.75, 3.05) is 13.1 Å². The molecule has 1 atom stereocenters. The minimum Gasteiger partial charge on any atom is -0.331 e. The minimum atomic E-state index is -0.0190. The molecule has 0 aliphatic carbocycles. The third-order valence-corrected chi connectivity index (χ3v) is 3.82. The minimum absolute atomic E-state index is 0.0190. The quantitative estimate of drug-likeness (QED) is 0.873. The van der Waals surface area contributed by atoms with Crippen LogP contribution in [0.4, 0.5) is 4.79 Å². The molecule has 19 heavy (non-hydrogen) atoms. The first kappa shape index (κ1) is 14.2. The molecule has 1 N–H and O–H groups in total. The van der Waals surface area contributed by atoms with Gasteiger partial charge in [-0.1, -0.05) is 36.6 Å². The number of carbonyl (C=O) groups is 1. The highest BCUT2D eigenvalue weighted by Crippen LogP contribution is 2.18. The van der Waals surface area contributed by atoms with Crippen LogP contribution in [-0.2, 0) is 0 Å². The van der Waals surface area contributed by atoms with Crippen LogP contribution < -0.4 is 5.32 Å². The number of nitrogens with one attached hydrogen (secondary N) is 1. The molecule has 1 aromatic rings. The number of halogens is 1. The van der Waals surface area contributed by atoms with Gasteiger partial charge in [0, 0.05) is 18.1 Å². The topological polar surface area (TPSA) is 32.3 Å². The summed E-state index contributed by atoms with van der Waals surface area (Å²) in [6.07, 6.45) is 4.68. The number of hydrogen-bond acceptors (Lipinski definition) is 1. The highest BCUT2D eigenvalue weighted by Gasteiger charge is 2.17. The number of carbonyl (C=O) groups excluding carboxylic acids is 1. The molecule has 2 rings (SSSR count). The zero-order valence-electron chi connectivity index (χ0n) is 11.4. The lowest BCUT2D eigenvalue weighted by atomic mass is 10.1. The number of nitrogens with zero attached hydrogens (tertiary/aromatic N) is 1. The van der Waals surface area contributed by atoms with E-state index in [2.05, 4.69) is 5.32 Å². The third kappa shape index (κ3) is 4.13. The maximum atomic E-state index is 12.2. The molecule has 1 aliphatic heterocycles. The molecule has 2 amide bonds. The smallest absolute Gasteiger partial charge is 0.317 e. The van der Waals surface area contributed by atoms with Gasteiger partial charge in [0.25, 0.3) is 0 Å². The Kier molecular flexibility index (Phi) is 5.08. The van der Waals surface area contributed by atoms with Gasteiger partial charge in [0.1, 0.15) is 0 Å². The molecular formula is C15H21ClN2O. The van der Waals surface area contributed by atoms with Crippen LogP contribution >= 0.6 is 11.6 Å². The van der Waals surface area contributed by atoms with Crippen LogP contribution in [0.5, 0.6) is 0 Å². The Labute approximate surface area is 119 Å². The Morgan fingerprint density at radius 2 is 1.95 bits per heavy atom. The first-order chi connectivity index (χ1) is 9.16. The zero-order valence-corrected chi connectivity index (χ0v) is 12.1. The molecule has 1 saturated heterocycles. The lowest BCUT2D eigenvalue weighted by Crippen LogP contribution is -2.41. The van der Waals surface area contributed by atoms with E-state index >= 15 is 0 Å². The van der Waals surface area contributed by atoms with Crippen molar-refractivity contribution < 1.29 is 4.79 Å². The van der Waals surface area contributed by atoms with Gasteiger partial charge < -0.3 is 10.2 Å². The fraction of sp³-hybridized carbons (Fsp3) is 0.533. The van der Waals surface area contributed by atoms with E-state index in [-0.39, 0.29) is 12.1 Å². The van der Waals surface area contributed by atoms with E-state index in [1.165, 1.54) is 12.8 Å². The fourth-order valence-corrected chi connectivity index (χ4v) is 2.61. The largest absolute Gasteiger partial charge is 0.331 e. The van der Waals surface area contributed by atoms with E-state index in [0.717, 1.165) is 31.5 Å². The number of benzene rings is 1. The molecule has 1 aromatic carbocycles. The molecule has 1 fully saturated rings. The summed E-state index contributed by atoms with van der Waals surface area (Å²) in [5.74, 6) is 0. The van der Waals surface area contributed by atoms with Gasteiger partial charge in [-0.2, -0.15) is 0 Å². The monoisotopic (exact) mass is 280 g/mol. The zero-order chi connectivity index (χ0) is 13.7. The van der Waals surface area contributed by atoms with Gasteiger partial charge in [0.15, 0.2) is 0 Å². The van der Waals surface area contributed by atoms with Crippen molar-refractivity contribution in [3.8, 4) is 0 Å². The molecule has 0 bridgehead atoms. The summed E-state index contributed by atoms with van der Waals surface area (Å²) in [7, 11) is 0. The average Bonchev–Trinajstić information content (AvgIpc) is 2.67. The van der Waals surface area contributed by atoms with Crippen LogP contribution in [0.3, 0.4) is 0 Å². The Balaban J connectivity index is 1.94. The van der Waals surface area contributed by atoms with Crippen LogP contribution in [0.2, 0.25) is 5.02 Å². The van der Waals surface area contributed by atoms with E-state index in [4.69, 9.17) is 11.6 Å². The summed E-state index contributed by atoms with van der Waals surface area (Å²) in [5.41, 5.74) is 1.04. The van der Waals surface area contributed by atoms with E-state index < -0.39 is 0 Å². The molecule has 0 spiro atoms. The van der Waals surface area contributed by atoms with Gasteiger partial charge >= 0.3 is 6.03 Å². The first-order valence-electron chi connectivity index (χ1n) is 6.98. The number of amides is 2. The number of likely N-dealkylation sites (tertiary alicyclic amines) is 1. The standard InChI is InChI=1S/C15H21ClN2O/c1-12(13-7-6-8-14(16)11-13)17-15(19)18-9-4-2-3-5-10-18/h6-8,11-12H,2-5,9-10H2,1H3,(H,17,19). The van der Waals surface area contributed by atoms with E-state index in [1.54, 1.807) is 0 Å². The van der Waals surface area contributed by atoms with E-state index in [0.29, 0.717) is 5.02 Å². The summed E-state index contributed by atoms with van der Waals surface area (Å²) >= 11 is 5.97. The van der Waals surface area contributed by atoms with Gasteiger partial charge in [0.05, 0.1) is 6.04 Å². The van der Waals surface area contributed by atoms with Crippen LogP contribution in [0, 0.1) is 0 Å². The van der Waals surface area contributed by atoms with Crippen LogP contribution in [0.15, 0.2) is 24.3 Å². The predicted molar refractivity (Wildman–Crippen MR) is 78.4 cm³/mol. The maximum absolute atomic E-state index is 12.2. The SMILES string of the molecule is CC(NC(=O)N1CCCCCC1)c1cccc(Cl)c1. The fourth-order valence-electron chi connectivity index (χ4n) is 2.41. The molecular weight excluding hydrogens is 260 g/mol. The molecule has 1 heterocycles. The second-order valence-electron chi connectivity index (χ2n) is 5.13. The normalized spacial score (nSPS) is 17.7. The first-order valence-corrected chi connectivity index (χ1v) is 7.35. The second-order valence-corrected chi connectivity index (χ2v) is 5.56. The number of hydrogen-bond donors (Lipinski definition) is 1. The molecule has 0 saturated carbocycles. The Hall–Kier alpha value is -1.22. The molecule has 1 aliphatic rings. The average molecular weight is 281 g/mol. The van der Waals surface area contributed by atoms with Crippen LogP contribution in [0.25, 0.3) is 0 Å². The summed E-state index contributed by atoms with van der Waals surface area (Å²) in [6, 6.07) is 7.65. The van der Waals surface area contributed by atoms with Gasteiger partial charge in [-0.3, -0.25) is 0 Å². The van der Waals surface area contributed by atoms with E-state index in [1.807, 2.05) is 36.1 Å². The van der Waals surface area contributed by atoms with Gasteiger partial charge in [0.2, 0.25) is 0 Å². The van der Waals surface area contributed by atoms with Crippen LogP contribution in [-0.4, -0.2) is 24.0 Å². The van der Waals surface area contributed by atoms with Crippen molar-refractivity contribution in [1.29, 1.82) is 0 Å². The molecule has 0 aromatic heterocycles. The molecule has 0 radical (unpaired) electrons. The molecule has 3 nitrogen and oxygen atoms in total. The lowest BCUT2D eigenvalue weighted by molar-refractivity contribution is 0.196. The van der Waals surface area contributed by atoms with Crippen molar-refractivity contribution in [1.82, 2.24) is 10.2 Å². The summed E-state index contributed by atoms with van der Waals surface area (Å²) in [5, 5.41) is 3.75. The van der Waals surface area contributed by atoms with Gasteiger partial charge in [-0.05, 0) is 37.5 Å². The molecule has 4 heteroatoms. The van der Waals surface area contributed by atoms with Gasteiger partial charge in [-0.25, -0.2) is 4.79 Å². The molecule has 104 valence electrons. The summed E-state index contributed by atoms with van der Waals surface area (Å²) < 4.78 is 0. The number of urea groups is 1. The predicted octanol–water partition coefficient (Wildman–Crippen LogP) is 3.99. The maximum Gasteiger partial charge on any atom is 0.317 e. The van der Waals surface area contributed by atoms with Crippen molar-refractivity contribution >= 4 is 17.6 Å².